The molecule has 2 amide bonds. The van der Waals surface area contributed by atoms with Gasteiger partial charge in [-0.1, -0.05) is 53.6 Å². The highest BCUT2D eigenvalue weighted by molar-refractivity contribution is 6.31. The van der Waals surface area contributed by atoms with E-state index in [-0.39, 0.29) is 11.8 Å². The Morgan fingerprint density at radius 1 is 1.03 bits per heavy atom. The number of carbonyl (C=O) groups is 2. The van der Waals surface area contributed by atoms with Gasteiger partial charge >= 0.3 is 0 Å². The van der Waals surface area contributed by atoms with Crippen LogP contribution in [0.4, 0.5) is 5.69 Å². The first kappa shape index (κ1) is 23.3. The number of halogens is 1. The lowest BCUT2D eigenvalue weighted by atomic mass is 10.1. The Morgan fingerprint density at radius 3 is 2.28 bits per heavy atom. The van der Waals surface area contributed by atoms with Crippen LogP contribution in [0, 0.1) is 13.8 Å². The van der Waals surface area contributed by atoms with Crippen molar-refractivity contribution in [2.45, 2.75) is 26.8 Å². The molecule has 1 heterocycles. The maximum atomic E-state index is 12.4. The summed E-state index contributed by atoms with van der Waals surface area (Å²) in [4.78, 5) is 25.7. The number of aromatic nitrogens is 2. The zero-order valence-electron chi connectivity index (χ0n) is 18.7. The van der Waals surface area contributed by atoms with Crippen LogP contribution in [0.25, 0.3) is 6.08 Å². The fourth-order valence-corrected chi connectivity index (χ4v) is 3.41. The van der Waals surface area contributed by atoms with Gasteiger partial charge in [0.05, 0.1) is 18.7 Å². The second-order valence-electron chi connectivity index (χ2n) is 7.92. The quantitative estimate of drug-likeness (QED) is 0.539. The third-order valence-electron chi connectivity index (χ3n) is 5.04. The zero-order valence-corrected chi connectivity index (χ0v) is 19.5. The van der Waals surface area contributed by atoms with E-state index in [9.17, 15) is 9.59 Å². The second-order valence-corrected chi connectivity index (χ2v) is 8.28. The molecule has 0 bridgehead atoms. The van der Waals surface area contributed by atoms with Crippen LogP contribution < -0.4 is 5.32 Å². The molecule has 0 aliphatic carbocycles. The number of likely N-dealkylation sites (N-methyl/N-ethyl adjacent to an activating group) is 1. The number of nitrogens with zero attached hydrogens (tertiary/aromatic N) is 3. The largest absolute Gasteiger partial charge is 0.349 e. The maximum absolute atomic E-state index is 12.4. The molecule has 3 aromatic rings. The van der Waals surface area contributed by atoms with Crippen molar-refractivity contribution in [1.29, 1.82) is 0 Å². The number of hydrogen-bond donors (Lipinski definition) is 1. The van der Waals surface area contributed by atoms with Gasteiger partial charge in [-0.15, -0.1) is 0 Å². The molecule has 0 aliphatic rings. The highest BCUT2D eigenvalue weighted by atomic mass is 35.5. The van der Waals surface area contributed by atoms with Crippen LogP contribution in [0.5, 0.6) is 0 Å². The average Bonchev–Trinajstić information content (AvgIpc) is 3.02. The van der Waals surface area contributed by atoms with Crippen LogP contribution in [-0.2, 0) is 22.6 Å². The van der Waals surface area contributed by atoms with Crippen LogP contribution in [0.1, 0.15) is 27.9 Å². The molecule has 7 heteroatoms. The van der Waals surface area contributed by atoms with Crippen molar-refractivity contribution in [3.05, 3.63) is 87.7 Å². The maximum Gasteiger partial charge on any atom is 0.248 e. The van der Waals surface area contributed by atoms with Crippen molar-refractivity contribution in [2.24, 2.45) is 0 Å². The van der Waals surface area contributed by atoms with Crippen LogP contribution in [0.2, 0.25) is 5.15 Å². The van der Waals surface area contributed by atoms with Gasteiger partial charge in [0.25, 0.3) is 0 Å². The van der Waals surface area contributed by atoms with E-state index < -0.39 is 0 Å². The number of anilines is 1. The Bertz CT molecular complexity index is 1130. The van der Waals surface area contributed by atoms with Gasteiger partial charge in [0, 0.05) is 31.4 Å². The topological polar surface area (TPSA) is 67.2 Å². The molecule has 0 unspecified atom stereocenters. The Kier molecular flexibility index (Phi) is 7.49. The van der Waals surface area contributed by atoms with Gasteiger partial charge in [0.1, 0.15) is 5.15 Å². The van der Waals surface area contributed by atoms with Gasteiger partial charge in [-0.2, -0.15) is 5.10 Å². The molecule has 0 saturated heterocycles. The van der Waals surface area contributed by atoms with Crippen molar-refractivity contribution in [1.82, 2.24) is 14.7 Å². The van der Waals surface area contributed by atoms with Gasteiger partial charge in [-0.05, 0) is 43.2 Å². The number of aryl methyl sites for hydroxylation is 2. The Morgan fingerprint density at radius 2 is 1.66 bits per heavy atom. The monoisotopic (exact) mass is 450 g/mol. The number of benzene rings is 2. The lowest BCUT2D eigenvalue weighted by Crippen LogP contribution is -2.23. The summed E-state index contributed by atoms with van der Waals surface area (Å²) in [5.41, 5.74) is 5.30. The minimum absolute atomic E-state index is 0.0277. The minimum Gasteiger partial charge on any atom is -0.349 e. The standard InChI is InChI=1S/C25H27ClN4O2/c1-17-5-7-20(8-6-17)16-30-25(26)22(18(2)28-30)13-14-23(31)27-21-11-9-19(10-12-21)15-24(32)29(3)4/h5-14H,15-16H2,1-4H3,(H,27,31)/b14-13+. The number of hydrogen-bond acceptors (Lipinski definition) is 3. The van der Waals surface area contributed by atoms with Gasteiger partial charge in [0.2, 0.25) is 11.8 Å². The fraction of sp³-hybridized carbons (Fsp3) is 0.240. The highest BCUT2D eigenvalue weighted by Crippen LogP contribution is 2.22. The second kappa shape index (κ2) is 10.3. The Balaban J connectivity index is 1.63. The first-order chi connectivity index (χ1) is 15.2. The molecule has 0 fully saturated rings. The van der Waals surface area contributed by atoms with Crippen molar-refractivity contribution in [3.8, 4) is 0 Å². The summed E-state index contributed by atoms with van der Waals surface area (Å²) in [6.45, 7) is 4.47. The zero-order chi connectivity index (χ0) is 23.3. The molecule has 0 atom stereocenters. The van der Waals surface area contributed by atoms with Gasteiger partial charge in [-0.3, -0.25) is 9.59 Å². The van der Waals surface area contributed by atoms with Crippen molar-refractivity contribution in [2.75, 3.05) is 19.4 Å². The molecule has 1 N–H and O–H groups in total. The average molecular weight is 451 g/mol. The summed E-state index contributed by atoms with van der Waals surface area (Å²) in [7, 11) is 3.45. The fourth-order valence-electron chi connectivity index (χ4n) is 3.11. The third-order valence-corrected chi connectivity index (χ3v) is 5.44. The SMILES string of the molecule is Cc1ccc(Cn2nc(C)c(/C=C/C(=O)Nc3ccc(CC(=O)N(C)C)cc3)c2Cl)cc1. The summed E-state index contributed by atoms with van der Waals surface area (Å²) < 4.78 is 1.73. The number of nitrogens with one attached hydrogen (secondary N) is 1. The summed E-state index contributed by atoms with van der Waals surface area (Å²) in [6, 6.07) is 15.4. The molecule has 0 aliphatic heterocycles. The van der Waals surface area contributed by atoms with E-state index >= 15 is 0 Å². The van der Waals surface area contributed by atoms with Gasteiger partial charge in [-0.25, -0.2) is 4.68 Å². The van der Waals surface area contributed by atoms with Crippen molar-refractivity contribution in [3.63, 3.8) is 0 Å². The molecule has 32 heavy (non-hydrogen) atoms. The van der Waals surface area contributed by atoms with Crippen LogP contribution >= 0.6 is 11.6 Å². The predicted octanol–water partition coefficient (Wildman–Crippen LogP) is 4.48. The van der Waals surface area contributed by atoms with Gasteiger partial charge < -0.3 is 10.2 Å². The molecule has 1 aromatic heterocycles. The van der Waals surface area contributed by atoms with E-state index in [1.807, 2.05) is 38.1 Å². The van der Waals surface area contributed by atoms with E-state index in [1.165, 1.54) is 11.6 Å². The summed E-state index contributed by atoms with van der Waals surface area (Å²) in [5, 5.41) is 7.81. The third kappa shape index (κ3) is 6.08. The van der Waals surface area contributed by atoms with Crippen LogP contribution in [-0.4, -0.2) is 40.6 Å². The Hall–Kier alpha value is -3.38. The minimum atomic E-state index is -0.274. The molecule has 0 saturated carbocycles. The number of rotatable bonds is 7. The van der Waals surface area contributed by atoms with E-state index in [0.29, 0.717) is 29.4 Å². The normalized spacial score (nSPS) is 11.0. The molecular formula is C25H27ClN4O2. The summed E-state index contributed by atoms with van der Waals surface area (Å²) in [5.74, 6) is -0.247. The molecule has 6 nitrogen and oxygen atoms in total. The molecule has 0 spiro atoms. The summed E-state index contributed by atoms with van der Waals surface area (Å²) >= 11 is 6.52. The molecule has 0 radical (unpaired) electrons. The van der Waals surface area contributed by atoms with Crippen LogP contribution in [0.15, 0.2) is 54.6 Å². The molecule has 3 rings (SSSR count). The number of carbonyl (C=O) groups excluding carboxylic acids is 2. The number of amides is 2. The van der Waals surface area contributed by atoms with Crippen molar-refractivity contribution >= 4 is 35.2 Å². The first-order valence-electron chi connectivity index (χ1n) is 10.3. The molecule has 166 valence electrons. The van der Waals surface area contributed by atoms with E-state index in [4.69, 9.17) is 11.6 Å². The van der Waals surface area contributed by atoms with Crippen molar-refractivity contribution < 1.29 is 9.59 Å². The van der Waals surface area contributed by atoms with Crippen LogP contribution in [0.3, 0.4) is 0 Å². The van der Waals surface area contributed by atoms with E-state index in [0.717, 1.165) is 16.8 Å². The Labute approximate surface area is 193 Å². The van der Waals surface area contributed by atoms with E-state index in [1.54, 1.807) is 41.9 Å². The summed E-state index contributed by atoms with van der Waals surface area (Å²) in [6.07, 6.45) is 3.44. The molecular weight excluding hydrogens is 424 g/mol. The molecule has 2 aromatic carbocycles. The predicted molar refractivity (Wildman–Crippen MR) is 129 cm³/mol. The van der Waals surface area contributed by atoms with E-state index in [2.05, 4.69) is 22.5 Å². The lowest BCUT2D eigenvalue weighted by Gasteiger charge is -2.10. The lowest BCUT2D eigenvalue weighted by molar-refractivity contribution is -0.128. The first-order valence-corrected chi connectivity index (χ1v) is 10.7. The smallest absolute Gasteiger partial charge is 0.248 e. The highest BCUT2D eigenvalue weighted by Gasteiger charge is 2.12. The van der Waals surface area contributed by atoms with Gasteiger partial charge in [0.15, 0.2) is 0 Å².